The van der Waals surface area contributed by atoms with Crippen LogP contribution in [0.2, 0.25) is 0 Å². The van der Waals surface area contributed by atoms with Crippen LogP contribution in [0, 0.1) is 16.7 Å². The maximum absolute atomic E-state index is 12.8. The van der Waals surface area contributed by atoms with Crippen LogP contribution in [-0.4, -0.2) is 93.6 Å². The third-order valence-electron chi connectivity index (χ3n) is 9.61. The highest BCUT2D eigenvalue weighted by Crippen LogP contribution is 2.68. The Hall–Kier alpha value is -2.54. The summed E-state index contributed by atoms with van der Waals surface area (Å²) in [5.74, 6) is -3.95. The molecule has 0 unspecified atom stereocenters. The monoisotopic (exact) mass is 568 g/mol. The maximum atomic E-state index is 12.8. The molecule has 10 atom stereocenters. The zero-order valence-electron chi connectivity index (χ0n) is 24.2. The molecule has 12 nitrogen and oxygen atoms in total. The van der Waals surface area contributed by atoms with Gasteiger partial charge >= 0.3 is 23.9 Å². The first-order chi connectivity index (χ1) is 18.3. The predicted molar refractivity (Wildman–Crippen MR) is 135 cm³/mol. The van der Waals surface area contributed by atoms with Crippen molar-refractivity contribution in [2.45, 2.75) is 116 Å². The second-order valence-electron chi connectivity index (χ2n) is 12.4. The predicted octanol–water partition coefficient (Wildman–Crippen LogP) is 0.721. The Morgan fingerprint density at radius 3 is 1.98 bits per heavy atom. The zero-order chi connectivity index (χ0) is 30.2. The quantitative estimate of drug-likeness (QED) is 0.241. The van der Waals surface area contributed by atoms with E-state index < -0.39 is 88.5 Å². The molecule has 0 radical (unpaired) electrons. The minimum Gasteiger partial charge on any atom is -0.462 e. The van der Waals surface area contributed by atoms with Gasteiger partial charge in [-0.1, -0.05) is 6.92 Å². The minimum absolute atomic E-state index is 0.0205. The van der Waals surface area contributed by atoms with Crippen LogP contribution in [0.4, 0.5) is 0 Å². The topological polar surface area (TPSA) is 175 Å². The first kappa shape index (κ1) is 30.4. The molecule has 12 heteroatoms. The second kappa shape index (κ2) is 9.78. The van der Waals surface area contributed by atoms with Crippen molar-refractivity contribution in [2.24, 2.45) is 16.7 Å². The SMILES string of the molecule is CC(=O)O[C@@H]1C2=C(C)[C@@H](O)C[C@@]2(C(C)(C)O)[C@@H](OC(C)=O)[C@@H]2[C@]3(OC(C)=O)CO[C@@H]3C[C@H](OC(C)=O)[C@@]2(C)[C@H]1O. The molecule has 4 rings (SSSR count). The standard InChI is InChI=1S/C28H40O12/c1-12-17(33)10-27(25(6,7)35)20(12)21(38-14(3)30)23(34)26(8)18(37-13(2)29)9-19-28(11-36-19,40-16(5)32)22(26)24(27)39-15(4)31/h17-19,21-24,33-35H,9-11H2,1-8H3/t17-,18-,19+,21+,22-,23-,24-,26+,27-,28-/m0/s1. The molecular formula is C28H40O12. The van der Waals surface area contributed by atoms with E-state index in [1.165, 1.54) is 34.6 Å². The Balaban J connectivity index is 2.16. The number of hydrogen-bond donors (Lipinski definition) is 3. The van der Waals surface area contributed by atoms with Crippen molar-refractivity contribution < 1.29 is 58.2 Å². The third-order valence-corrected chi connectivity index (χ3v) is 9.61. The Kier molecular flexibility index (Phi) is 7.44. The summed E-state index contributed by atoms with van der Waals surface area (Å²) in [6.45, 7) is 10.8. The molecule has 40 heavy (non-hydrogen) atoms. The van der Waals surface area contributed by atoms with Crippen molar-refractivity contribution in [3.05, 3.63) is 11.1 Å². The molecular weight excluding hydrogens is 528 g/mol. The van der Waals surface area contributed by atoms with E-state index in [4.69, 9.17) is 23.7 Å². The van der Waals surface area contributed by atoms with E-state index in [1.807, 2.05) is 0 Å². The largest absolute Gasteiger partial charge is 0.462 e. The Bertz CT molecular complexity index is 1140. The van der Waals surface area contributed by atoms with Gasteiger partial charge in [0.25, 0.3) is 0 Å². The van der Waals surface area contributed by atoms with E-state index in [1.54, 1.807) is 13.8 Å². The smallest absolute Gasteiger partial charge is 0.303 e. The molecule has 0 aromatic heterocycles. The molecule has 0 bridgehead atoms. The van der Waals surface area contributed by atoms with E-state index in [2.05, 4.69) is 0 Å². The van der Waals surface area contributed by atoms with Crippen LogP contribution < -0.4 is 0 Å². The molecule has 224 valence electrons. The number of aliphatic hydroxyl groups excluding tert-OH is 2. The average Bonchev–Trinajstić information content (AvgIpc) is 3.03. The third kappa shape index (κ3) is 4.17. The fourth-order valence-corrected chi connectivity index (χ4v) is 8.05. The van der Waals surface area contributed by atoms with E-state index in [0.717, 1.165) is 6.92 Å². The van der Waals surface area contributed by atoms with Gasteiger partial charge in [0.15, 0.2) is 11.7 Å². The van der Waals surface area contributed by atoms with Gasteiger partial charge < -0.3 is 39.0 Å². The summed E-state index contributed by atoms with van der Waals surface area (Å²) in [6.07, 6.45) is -7.61. The number of fused-ring (bicyclic) bond motifs is 4. The molecule has 1 saturated heterocycles. The van der Waals surface area contributed by atoms with Gasteiger partial charge in [-0.15, -0.1) is 0 Å². The molecule has 3 aliphatic carbocycles. The van der Waals surface area contributed by atoms with Gasteiger partial charge in [0.2, 0.25) is 0 Å². The fourth-order valence-electron chi connectivity index (χ4n) is 8.05. The summed E-state index contributed by atoms with van der Waals surface area (Å²) in [5, 5.41) is 35.4. The van der Waals surface area contributed by atoms with Crippen molar-refractivity contribution in [1.29, 1.82) is 0 Å². The molecule has 0 aromatic carbocycles. The van der Waals surface area contributed by atoms with Crippen LogP contribution in [0.15, 0.2) is 11.1 Å². The molecule has 1 aliphatic heterocycles. The number of ether oxygens (including phenoxy) is 5. The summed E-state index contributed by atoms with van der Waals surface area (Å²) in [6, 6.07) is 0. The first-order valence-electron chi connectivity index (χ1n) is 13.5. The minimum atomic E-state index is -1.75. The maximum Gasteiger partial charge on any atom is 0.303 e. The lowest BCUT2D eigenvalue weighted by Gasteiger charge is -2.65. The molecule has 0 spiro atoms. The van der Waals surface area contributed by atoms with Crippen molar-refractivity contribution in [2.75, 3.05) is 6.61 Å². The van der Waals surface area contributed by atoms with Crippen LogP contribution in [0.3, 0.4) is 0 Å². The van der Waals surface area contributed by atoms with E-state index in [-0.39, 0.29) is 25.0 Å². The summed E-state index contributed by atoms with van der Waals surface area (Å²) in [4.78, 5) is 50.2. The lowest BCUT2D eigenvalue weighted by atomic mass is 9.49. The normalized spacial score (nSPS) is 42.3. The number of carbonyl (C=O) groups excluding carboxylic acids is 4. The summed E-state index contributed by atoms with van der Waals surface area (Å²) in [5.41, 5.74) is -5.92. The summed E-state index contributed by atoms with van der Waals surface area (Å²) < 4.78 is 29.4. The number of hydrogen-bond acceptors (Lipinski definition) is 12. The van der Waals surface area contributed by atoms with Gasteiger partial charge in [0.1, 0.15) is 24.4 Å². The highest BCUT2D eigenvalue weighted by molar-refractivity contribution is 5.69. The lowest BCUT2D eigenvalue weighted by Crippen LogP contribution is -2.79. The number of esters is 4. The molecule has 1 heterocycles. The van der Waals surface area contributed by atoms with Gasteiger partial charge in [-0.3, -0.25) is 19.2 Å². The molecule has 4 aliphatic rings. The molecule has 0 aromatic rings. The van der Waals surface area contributed by atoms with E-state index >= 15 is 0 Å². The van der Waals surface area contributed by atoms with Crippen LogP contribution >= 0.6 is 0 Å². The van der Waals surface area contributed by atoms with Crippen LogP contribution in [0.5, 0.6) is 0 Å². The first-order valence-corrected chi connectivity index (χ1v) is 13.5. The fraction of sp³-hybridized carbons (Fsp3) is 0.786. The van der Waals surface area contributed by atoms with Crippen molar-refractivity contribution in [3.8, 4) is 0 Å². The van der Waals surface area contributed by atoms with E-state index in [0.29, 0.717) is 5.57 Å². The highest BCUT2D eigenvalue weighted by Gasteiger charge is 2.79. The summed E-state index contributed by atoms with van der Waals surface area (Å²) in [7, 11) is 0. The van der Waals surface area contributed by atoms with Gasteiger partial charge in [-0.25, -0.2) is 0 Å². The van der Waals surface area contributed by atoms with Crippen LogP contribution in [-0.2, 0) is 42.9 Å². The number of aliphatic hydroxyl groups is 3. The van der Waals surface area contributed by atoms with Crippen LogP contribution in [0.1, 0.15) is 68.2 Å². The molecule has 0 amide bonds. The van der Waals surface area contributed by atoms with Crippen molar-refractivity contribution in [1.82, 2.24) is 0 Å². The average molecular weight is 569 g/mol. The lowest BCUT2D eigenvalue weighted by molar-refractivity contribution is -0.352. The number of rotatable bonds is 5. The second-order valence-corrected chi connectivity index (χ2v) is 12.4. The van der Waals surface area contributed by atoms with Crippen molar-refractivity contribution in [3.63, 3.8) is 0 Å². The highest BCUT2D eigenvalue weighted by atomic mass is 16.6. The van der Waals surface area contributed by atoms with Crippen LogP contribution in [0.25, 0.3) is 0 Å². The Labute approximate surface area is 232 Å². The van der Waals surface area contributed by atoms with Crippen molar-refractivity contribution >= 4 is 23.9 Å². The Morgan fingerprint density at radius 2 is 1.52 bits per heavy atom. The van der Waals surface area contributed by atoms with Gasteiger partial charge in [0, 0.05) is 39.5 Å². The molecule has 2 saturated carbocycles. The number of carbonyl (C=O) groups is 4. The Morgan fingerprint density at radius 1 is 0.950 bits per heavy atom. The van der Waals surface area contributed by atoms with Gasteiger partial charge in [0.05, 0.1) is 29.6 Å². The summed E-state index contributed by atoms with van der Waals surface area (Å²) >= 11 is 0. The van der Waals surface area contributed by atoms with Gasteiger partial charge in [-0.05, 0) is 38.3 Å². The van der Waals surface area contributed by atoms with E-state index in [9.17, 15) is 34.5 Å². The molecule has 3 fully saturated rings. The zero-order valence-corrected chi connectivity index (χ0v) is 24.2. The van der Waals surface area contributed by atoms with Gasteiger partial charge in [-0.2, -0.15) is 0 Å². The molecule has 3 N–H and O–H groups in total.